The average molecular weight is 509 g/mol. The van der Waals surface area contributed by atoms with Crippen molar-refractivity contribution in [3.63, 3.8) is 0 Å². The summed E-state index contributed by atoms with van der Waals surface area (Å²) in [5, 5.41) is 0. The predicted molar refractivity (Wildman–Crippen MR) is 104 cm³/mol. The van der Waals surface area contributed by atoms with Gasteiger partial charge < -0.3 is 9.47 Å². The summed E-state index contributed by atoms with van der Waals surface area (Å²) in [4.78, 5) is 9.60. The zero-order valence-electron chi connectivity index (χ0n) is 17.4. The summed E-state index contributed by atoms with van der Waals surface area (Å²) >= 11 is 0. The fourth-order valence-electron chi connectivity index (χ4n) is 3.23. The van der Waals surface area contributed by atoms with E-state index in [0.29, 0.717) is 25.0 Å². The Morgan fingerprint density at radius 1 is 0.750 bits per heavy atom. The van der Waals surface area contributed by atoms with Crippen LogP contribution in [0.25, 0.3) is 0 Å². The third-order valence-electron chi connectivity index (χ3n) is 4.60. The van der Waals surface area contributed by atoms with Crippen molar-refractivity contribution in [2.45, 2.75) is 25.9 Å². The Morgan fingerprint density at radius 3 is 1.41 bits per heavy atom. The van der Waals surface area contributed by atoms with Crippen LogP contribution in [0.4, 0.5) is 0 Å². The molecule has 2 aromatic rings. The predicted octanol–water partition coefficient (Wildman–Crippen LogP) is -0.0957. The molecule has 174 valence electrons. The third-order valence-corrected chi connectivity index (χ3v) is 4.60. The Morgan fingerprint density at radius 2 is 1.09 bits per heavy atom. The van der Waals surface area contributed by atoms with E-state index in [1.165, 1.54) is 0 Å². The number of hydrogen-bond donors (Lipinski definition) is 0. The monoisotopic (exact) mass is 508 g/mol. The molecule has 4 rings (SSSR count). The van der Waals surface area contributed by atoms with E-state index in [0.717, 1.165) is 22.3 Å². The molecule has 0 N–H and O–H groups in total. The number of hydrogen-bond acceptors (Lipinski definition) is 8. The normalized spacial score (nSPS) is 19.3. The van der Waals surface area contributed by atoms with Gasteiger partial charge in [0.25, 0.3) is 0 Å². The molecule has 0 bridgehead atoms. The first kappa shape index (κ1) is 26.0. The third kappa shape index (κ3) is 7.43. The molecule has 0 spiro atoms. The molecule has 0 fully saturated rings. The molecule has 2 atom stereocenters. The van der Waals surface area contributed by atoms with Crippen LogP contribution in [0.3, 0.4) is 0 Å². The van der Waals surface area contributed by atoms with Crippen molar-refractivity contribution in [1.29, 1.82) is 0 Å². The molecule has 0 saturated carbocycles. The van der Waals surface area contributed by atoms with Crippen LogP contribution < -0.4 is 18.6 Å². The van der Waals surface area contributed by atoms with Crippen LogP contribution in [0, 0.1) is 10.2 Å². The summed E-state index contributed by atoms with van der Waals surface area (Å²) in [6.07, 6.45) is 0. The second kappa shape index (κ2) is 11.6. The van der Waals surface area contributed by atoms with Crippen LogP contribution in [0.5, 0.6) is 0 Å². The Hall–Kier alpha value is -2.23. The summed E-state index contributed by atoms with van der Waals surface area (Å²) in [5.74, 6) is 1.26. The van der Waals surface area contributed by atoms with E-state index >= 15 is 0 Å². The standard InChI is InChI=1S/C22H22N2O2.ClHO4.Cu/c1-15(2)20(21-23-18(13-25-21)16-9-5-3-6-10-16)22-24-19(14-26-22)17-11-7-4-8-12-17;2-1(3,4)5;/h3-12,18-19H,13-14H2,1-2H3;(H,2,3,4,5);/q;;+1/p-1/t18-,19-;;/m1../s1. The maximum atomic E-state index is 8.49. The largest absolute Gasteiger partial charge is 1.00 e. The van der Waals surface area contributed by atoms with Gasteiger partial charge in [-0.2, -0.15) is 0 Å². The molecular formula is C22H22ClCuN2O6. The molecule has 10 heteroatoms. The molecule has 0 amide bonds. The fraction of sp³-hybridized carbons (Fsp3) is 0.273. The van der Waals surface area contributed by atoms with Crippen molar-refractivity contribution in [3.8, 4) is 0 Å². The van der Waals surface area contributed by atoms with Crippen LogP contribution in [0.15, 0.2) is 81.8 Å². The Balaban J connectivity index is 0.000000548. The number of aliphatic imine (C=N–C) groups is 2. The SMILES string of the molecule is CC(C)=C(C1=N[C@@H](c2ccccc2)CO1)C1=N[C@@H](c2ccccc2)CO1.[Cu+].[O-][Cl+3]([O-])([O-])[O-]. The van der Waals surface area contributed by atoms with Crippen molar-refractivity contribution >= 4 is 11.8 Å². The van der Waals surface area contributed by atoms with Crippen LogP contribution in [0.2, 0.25) is 0 Å². The molecule has 2 heterocycles. The van der Waals surface area contributed by atoms with Gasteiger partial charge in [-0.05, 0) is 25.0 Å². The molecule has 2 aromatic carbocycles. The van der Waals surface area contributed by atoms with E-state index in [1.807, 2.05) is 50.2 Å². The molecule has 0 radical (unpaired) electrons. The van der Waals surface area contributed by atoms with Crippen molar-refractivity contribution in [2.24, 2.45) is 9.98 Å². The van der Waals surface area contributed by atoms with Gasteiger partial charge in [-0.15, -0.1) is 10.2 Å². The van der Waals surface area contributed by atoms with E-state index in [2.05, 4.69) is 24.3 Å². The molecule has 8 nitrogen and oxygen atoms in total. The van der Waals surface area contributed by atoms with Crippen LogP contribution >= 0.6 is 0 Å². The quantitative estimate of drug-likeness (QED) is 0.529. The van der Waals surface area contributed by atoms with Gasteiger partial charge in [-0.1, -0.05) is 66.2 Å². The van der Waals surface area contributed by atoms with E-state index in [1.54, 1.807) is 0 Å². The molecule has 32 heavy (non-hydrogen) atoms. The van der Waals surface area contributed by atoms with E-state index in [9.17, 15) is 0 Å². The van der Waals surface area contributed by atoms with Gasteiger partial charge in [0.1, 0.15) is 25.3 Å². The van der Waals surface area contributed by atoms with E-state index in [4.69, 9.17) is 38.1 Å². The van der Waals surface area contributed by atoms with Gasteiger partial charge in [-0.25, -0.2) is 28.6 Å². The molecule has 0 aliphatic carbocycles. The Kier molecular flexibility index (Phi) is 9.42. The van der Waals surface area contributed by atoms with Gasteiger partial charge in [0.15, 0.2) is 0 Å². The second-order valence-electron chi connectivity index (χ2n) is 7.10. The fourth-order valence-corrected chi connectivity index (χ4v) is 3.23. The first-order chi connectivity index (χ1) is 14.7. The van der Waals surface area contributed by atoms with Crippen molar-refractivity contribution in [3.05, 3.63) is 82.9 Å². The summed E-state index contributed by atoms with van der Waals surface area (Å²) in [7, 11) is -4.94. The minimum Gasteiger partial charge on any atom is -0.475 e. The zero-order chi connectivity index (χ0) is 22.4. The van der Waals surface area contributed by atoms with Gasteiger partial charge >= 0.3 is 17.1 Å². The van der Waals surface area contributed by atoms with E-state index < -0.39 is 10.2 Å². The molecule has 0 unspecified atom stereocenters. The van der Waals surface area contributed by atoms with Gasteiger partial charge in [0, 0.05) is 0 Å². The number of ether oxygens (including phenoxy) is 2. The van der Waals surface area contributed by atoms with Crippen LogP contribution in [0.1, 0.15) is 37.1 Å². The molecule has 2 aliphatic rings. The van der Waals surface area contributed by atoms with Crippen molar-refractivity contribution < 1.29 is 55.4 Å². The van der Waals surface area contributed by atoms with Gasteiger partial charge in [0.2, 0.25) is 11.8 Å². The maximum Gasteiger partial charge on any atom is 1.00 e. The van der Waals surface area contributed by atoms with Gasteiger partial charge in [0.05, 0.1) is 5.57 Å². The summed E-state index contributed by atoms with van der Waals surface area (Å²) < 4.78 is 45.8. The summed E-state index contributed by atoms with van der Waals surface area (Å²) in [6, 6.07) is 20.5. The van der Waals surface area contributed by atoms with Crippen LogP contribution in [-0.2, 0) is 26.5 Å². The van der Waals surface area contributed by atoms with E-state index in [-0.39, 0.29) is 29.2 Å². The summed E-state index contributed by atoms with van der Waals surface area (Å²) in [5.41, 5.74) is 4.28. The number of benzene rings is 2. The van der Waals surface area contributed by atoms with Crippen molar-refractivity contribution in [2.75, 3.05) is 13.2 Å². The molecule has 2 aliphatic heterocycles. The van der Waals surface area contributed by atoms with Crippen molar-refractivity contribution in [1.82, 2.24) is 0 Å². The minimum absolute atomic E-state index is 0. The molecule has 0 saturated heterocycles. The molecule has 0 aromatic heterocycles. The Labute approximate surface area is 199 Å². The van der Waals surface area contributed by atoms with Crippen LogP contribution in [-0.4, -0.2) is 25.0 Å². The maximum absolute atomic E-state index is 8.49. The average Bonchev–Trinajstić information content (AvgIpc) is 3.39. The number of nitrogens with zero attached hydrogens (tertiary/aromatic N) is 2. The first-order valence-corrected chi connectivity index (χ1v) is 10.8. The molecular weight excluding hydrogens is 487 g/mol. The number of allylic oxidation sites excluding steroid dienone is 1. The summed E-state index contributed by atoms with van der Waals surface area (Å²) in [6.45, 7) is 5.18. The number of halogens is 1. The minimum atomic E-state index is -4.94. The Bertz CT molecular complexity index is 899. The smallest absolute Gasteiger partial charge is 0.475 e. The zero-order valence-corrected chi connectivity index (χ0v) is 19.1. The number of rotatable bonds is 4. The van der Waals surface area contributed by atoms with Gasteiger partial charge in [-0.3, -0.25) is 0 Å². The first-order valence-electron chi connectivity index (χ1n) is 9.53. The second-order valence-corrected chi connectivity index (χ2v) is 7.85. The topological polar surface area (TPSA) is 135 Å².